The Hall–Kier alpha value is -1.46. The topological polar surface area (TPSA) is 72.6 Å². The molecule has 0 radical (unpaired) electrons. The van der Waals surface area contributed by atoms with Crippen molar-refractivity contribution in [1.29, 1.82) is 0 Å². The minimum absolute atomic E-state index is 0.140. The summed E-state index contributed by atoms with van der Waals surface area (Å²) >= 11 is -1.87. The average molecular weight is 448 g/mol. The minimum Gasteiger partial charge on any atom is -0.392 e. The number of nitrogens with zero attached hydrogens (tertiary/aromatic N) is 1. The van der Waals surface area contributed by atoms with Crippen LogP contribution in [0.25, 0.3) is 0 Å². The quantitative estimate of drug-likeness (QED) is 0.440. The second-order valence-corrected chi connectivity index (χ2v) is 8.93. The van der Waals surface area contributed by atoms with Gasteiger partial charge in [-0.15, -0.1) is 0 Å². The predicted octanol–water partition coefficient (Wildman–Crippen LogP) is 1.70. The van der Waals surface area contributed by atoms with E-state index in [-0.39, 0.29) is 6.61 Å². The van der Waals surface area contributed by atoms with Gasteiger partial charge in [0.25, 0.3) is 0 Å². The van der Waals surface area contributed by atoms with E-state index in [4.69, 9.17) is 5.11 Å². The molecule has 0 aliphatic rings. The van der Waals surface area contributed by atoms with Crippen LogP contribution in [0.2, 0.25) is 0 Å². The van der Waals surface area contributed by atoms with Gasteiger partial charge < -0.3 is 5.11 Å². The molecule has 0 saturated carbocycles. The molecular weight excluding hydrogens is 435 g/mol. The summed E-state index contributed by atoms with van der Waals surface area (Å²) in [4.78, 5) is 9.81. The fraction of sp³-hybridized carbons (Fsp3) is 0.0769. The molecule has 2 aromatic rings. The van der Waals surface area contributed by atoms with Gasteiger partial charge in [-0.2, -0.15) is 0 Å². The number of rotatable bonds is 4. The third-order valence-corrected chi connectivity index (χ3v) is 6.65. The van der Waals surface area contributed by atoms with Crippen LogP contribution in [0.15, 0.2) is 60.7 Å². The normalized spacial score (nSPS) is 8.68. The Balaban J connectivity index is 0.000000200. The van der Waals surface area contributed by atoms with Crippen molar-refractivity contribution < 1.29 is 38.0 Å². The van der Waals surface area contributed by atoms with Gasteiger partial charge >= 0.3 is 76.4 Å². The molecule has 0 aliphatic heterocycles. The van der Waals surface area contributed by atoms with Crippen molar-refractivity contribution in [3.05, 3.63) is 76.3 Å². The smallest absolute Gasteiger partial charge is 0.0681 e. The number of hydrogen-bond donors (Lipinski definition) is 1. The van der Waals surface area contributed by atoms with Crippen LogP contribution in [0.3, 0.4) is 0 Å². The molecule has 6 heteroatoms. The Labute approximate surface area is 124 Å². The summed E-state index contributed by atoms with van der Waals surface area (Å²) in [5.74, 6) is 0. The van der Waals surface area contributed by atoms with E-state index in [1.54, 1.807) is 0 Å². The van der Waals surface area contributed by atoms with Crippen molar-refractivity contribution in [2.24, 2.45) is 0 Å². The second kappa shape index (κ2) is 9.46. The van der Waals surface area contributed by atoms with E-state index in [2.05, 4.69) is 2.75 Å². The van der Waals surface area contributed by atoms with Crippen LogP contribution < -0.4 is 3.07 Å². The summed E-state index contributed by atoms with van der Waals surface area (Å²) in [6, 6.07) is 18.9. The number of aliphatic hydroxyl groups excluding tert-OH is 1. The van der Waals surface area contributed by atoms with Crippen LogP contribution >= 0.6 is 0 Å². The Morgan fingerprint density at radius 2 is 1.58 bits per heavy atom. The van der Waals surface area contributed by atoms with E-state index >= 15 is 0 Å². The number of benzene rings is 2. The molecule has 19 heavy (non-hydrogen) atoms. The summed E-state index contributed by atoms with van der Waals surface area (Å²) in [6.45, 7) is 0.140. The summed E-state index contributed by atoms with van der Waals surface area (Å²) < 4.78 is 5.39. The molecule has 0 saturated heterocycles. The molecule has 1 N–H and O–H groups in total. The molecule has 0 atom stereocenters. The van der Waals surface area contributed by atoms with E-state index < -0.39 is 30.1 Å². The first-order valence-electron chi connectivity index (χ1n) is 5.68. The molecule has 0 unspecified atom stereocenters. The van der Waals surface area contributed by atoms with Crippen molar-refractivity contribution in [3.63, 3.8) is 0 Å². The minimum atomic E-state index is -1.87. The van der Waals surface area contributed by atoms with E-state index in [0.717, 1.165) is 8.64 Å². The molecule has 0 bridgehead atoms. The van der Waals surface area contributed by atoms with Gasteiger partial charge in [0.2, 0.25) is 0 Å². The summed E-state index contributed by atoms with van der Waals surface area (Å²) in [5.41, 5.74) is 0.965. The molecule has 0 fully saturated rings. The molecule has 0 heterocycles. The van der Waals surface area contributed by atoms with Crippen molar-refractivity contribution in [1.82, 2.24) is 0 Å². The molecule has 96 valence electrons. The van der Waals surface area contributed by atoms with Crippen LogP contribution in [0.4, 0.5) is 0 Å². The van der Waals surface area contributed by atoms with Crippen LogP contribution in [0, 0.1) is 10.1 Å². The Kier molecular flexibility index (Phi) is 7.77. The zero-order valence-corrected chi connectivity index (χ0v) is 15.8. The molecule has 2 aromatic carbocycles. The molecule has 0 aliphatic carbocycles. The average Bonchev–Trinajstić information content (AvgIpc) is 2.48. The van der Waals surface area contributed by atoms with Crippen molar-refractivity contribution in [2.45, 2.75) is 6.61 Å². The van der Waals surface area contributed by atoms with Gasteiger partial charge in [-0.25, -0.2) is 0 Å². The number of aliphatic hydroxyl groups is 1. The molecule has 0 aromatic heterocycles. The van der Waals surface area contributed by atoms with E-state index in [0.29, 0.717) is 0 Å². The van der Waals surface area contributed by atoms with Crippen LogP contribution in [0.5, 0.6) is 0 Å². The SMILES string of the molecule is O=[N+]([O-])[O][Hg][c]1ccccc1.OCc1ccccc1. The van der Waals surface area contributed by atoms with Gasteiger partial charge in [0.05, 0.1) is 6.61 Å². The molecular formula is C13H13HgNO4. The van der Waals surface area contributed by atoms with E-state index in [9.17, 15) is 10.1 Å². The Bertz CT molecular complexity index is 479. The van der Waals surface area contributed by atoms with Crippen LogP contribution in [-0.2, 0) is 34.4 Å². The molecule has 0 spiro atoms. The number of hydrogen-bond acceptors (Lipinski definition) is 4. The summed E-state index contributed by atoms with van der Waals surface area (Å²) in [6.07, 6.45) is 0. The van der Waals surface area contributed by atoms with Gasteiger partial charge in [-0.05, 0) is 5.56 Å². The van der Waals surface area contributed by atoms with Gasteiger partial charge in [0.1, 0.15) is 0 Å². The third kappa shape index (κ3) is 7.53. The largest absolute Gasteiger partial charge is 0.392 e. The van der Waals surface area contributed by atoms with Crippen molar-refractivity contribution >= 4 is 3.07 Å². The van der Waals surface area contributed by atoms with Gasteiger partial charge in [0, 0.05) is 0 Å². The zero-order valence-electron chi connectivity index (χ0n) is 10.3. The molecule has 5 nitrogen and oxygen atoms in total. The standard InChI is InChI=1S/C7H8O.C6H5.Hg.NO3/c8-6-7-4-2-1-3-5-7;1-2-4-6-5-3-1;;2-1(3)4/h1-5,8H,6H2;1-5H;;/q;;+1;-1. The van der Waals surface area contributed by atoms with E-state index in [1.807, 2.05) is 60.7 Å². The first kappa shape index (κ1) is 15.6. The second-order valence-electron chi connectivity index (χ2n) is 3.63. The maximum atomic E-state index is 9.81. The zero-order chi connectivity index (χ0) is 13.9. The Morgan fingerprint density at radius 3 is 2.00 bits per heavy atom. The first-order chi connectivity index (χ1) is 9.22. The maximum Gasteiger partial charge on any atom is 0.0681 e. The molecule has 0 amide bonds. The van der Waals surface area contributed by atoms with E-state index in [1.165, 1.54) is 0 Å². The summed E-state index contributed by atoms with van der Waals surface area (Å²) in [5, 5.41) is 17.6. The van der Waals surface area contributed by atoms with Crippen LogP contribution in [0.1, 0.15) is 5.56 Å². The third-order valence-electron chi connectivity index (χ3n) is 2.20. The first-order valence-corrected chi connectivity index (χ1v) is 10.7. The maximum absolute atomic E-state index is 9.81. The van der Waals surface area contributed by atoms with Crippen molar-refractivity contribution in [3.8, 4) is 0 Å². The summed E-state index contributed by atoms with van der Waals surface area (Å²) in [7, 11) is 0. The van der Waals surface area contributed by atoms with Gasteiger partial charge in [-0.1, -0.05) is 30.3 Å². The fourth-order valence-corrected chi connectivity index (χ4v) is 4.08. The van der Waals surface area contributed by atoms with Gasteiger partial charge in [-0.3, -0.25) is 0 Å². The molecule has 2 rings (SSSR count). The Morgan fingerprint density at radius 1 is 1.05 bits per heavy atom. The fourth-order valence-electron chi connectivity index (χ4n) is 1.28. The monoisotopic (exact) mass is 449 g/mol. The van der Waals surface area contributed by atoms with Crippen molar-refractivity contribution in [2.75, 3.05) is 0 Å². The predicted molar refractivity (Wildman–Crippen MR) is 66.5 cm³/mol. The van der Waals surface area contributed by atoms with Crippen LogP contribution in [-0.4, -0.2) is 10.2 Å². The van der Waals surface area contributed by atoms with Gasteiger partial charge in [0.15, 0.2) is 0 Å².